The van der Waals surface area contributed by atoms with Crippen LogP contribution in [0, 0.1) is 5.92 Å². The van der Waals surface area contributed by atoms with Crippen molar-refractivity contribution in [3.8, 4) is 0 Å². The number of hydrogen-bond acceptors (Lipinski definition) is 3. The summed E-state index contributed by atoms with van der Waals surface area (Å²) in [7, 11) is 0. The lowest BCUT2D eigenvalue weighted by atomic mass is 9.91. The molecule has 1 N–H and O–H groups in total. The smallest absolute Gasteiger partial charge is 0.0507 e. The minimum Gasteiger partial charge on any atom is -0.381 e. The summed E-state index contributed by atoms with van der Waals surface area (Å²) in [5.74, 6) is 0.767. The van der Waals surface area contributed by atoms with Crippen molar-refractivity contribution in [3.05, 3.63) is 0 Å². The maximum atomic E-state index is 5.53. The second kappa shape index (κ2) is 6.36. The molecule has 0 bridgehead atoms. The third-order valence-corrected chi connectivity index (χ3v) is 4.75. The fraction of sp³-hybridized carbons (Fsp3) is 1.00. The van der Waals surface area contributed by atoms with Crippen LogP contribution in [-0.2, 0) is 4.74 Å². The fourth-order valence-electron chi connectivity index (χ4n) is 3.25. The van der Waals surface area contributed by atoms with E-state index in [2.05, 4.69) is 31.0 Å². The summed E-state index contributed by atoms with van der Waals surface area (Å²) in [5.41, 5.74) is 0.309. The Labute approximate surface area is 112 Å². The second-order valence-electron chi connectivity index (χ2n) is 6.40. The van der Waals surface area contributed by atoms with E-state index in [4.69, 9.17) is 4.74 Å². The third kappa shape index (κ3) is 3.46. The summed E-state index contributed by atoms with van der Waals surface area (Å²) in [6.07, 6.45) is 5.07. The Hall–Kier alpha value is -0.120. The van der Waals surface area contributed by atoms with Crippen LogP contribution in [0.4, 0.5) is 0 Å². The van der Waals surface area contributed by atoms with Gasteiger partial charge in [-0.2, -0.15) is 0 Å². The molecule has 2 aliphatic rings. The van der Waals surface area contributed by atoms with Crippen molar-refractivity contribution in [2.45, 2.75) is 58.0 Å². The van der Waals surface area contributed by atoms with Gasteiger partial charge >= 0.3 is 0 Å². The minimum absolute atomic E-state index is 0.309. The lowest BCUT2D eigenvalue weighted by molar-refractivity contribution is 0.0616. The summed E-state index contributed by atoms with van der Waals surface area (Å²) >= 11 is 0. The van der Waals surface area contributed by atoms with E-state index in [1.807, 2.05) is 0 Å². The maximum absolute atomic E-state index is 5.53. The first-order valence-corrected chi connectivity index (χ1v) is 7.73. The van der Waals surface area contributed by atoms with Crippen molar-refractivity contribution in [2.24, 2.45) is 5.92 Å². The lowest BCUT2D eigenvalue weighted by Crippen LogP contribution is -2.63. The first kappa shape index (κ1) is 14.3. The Morgan fingerprint density at radius 3 is 2.83 bits per heavy atom. The van der Waals surface area contributed by atoms with E-state index in [9.17, 15) is 0 Å². The topological polar surface area (TPSA) is 24.5 Å². The maximum Gasteiger partial charge on any atom is 0.0507 e. The van der Waals surface area contributed by atoms with Gasteiger partial charge in [0.25, 0.3) is 0 Å². The van der Waals surface area contributed by atoms with Crippen LogP contribution in [0.15, 0.2) is 0 Å². The number of piperazine rings is 1. The predicted molar refractivity (Wildman–Crippen MR) is 75.9 cm³/mol. The molecule has 0 radical (unpaired) electrons. The summed E-state index contributed by atoms with van der Waals surface area (Å²) < 4.78 is 5.53. The van der Waals surface area contributed by atoms with Crippen molar-refractivity contribution >= 4 is 0 Å². The van der Waals surface area contributed by atoms with Crippen LogP contribution in [0.2, 0.25) is 0 Å². The van der Waals surface area contributed by atoms with Crippen molar-refractivity contribution < 1.29 is 4.74 Å². The Morgan fingerprint density at radius 2 is 2.22 bits per heavy atom. The molecule has 2 heterocycles. The zero-order valence-corrected chi connectivity index (χ0v) is 12.4. The molecule has 3 unspecified atom stereocenters. The molecule has 3 heteroatoms. The van der Waals surface area contributed by atoms with Gasteiger partial charge in [-0.15, -0.1) is 0 Å². The quantitative estimate of drug-likeness (QED) is 0.814. The van der Waals surface area contributed by atoms with E-state index in [0.717, 1.165) is 31.7 Å². The van der Waals surface area contributed by atoms with Crippen LogP contribution in [0.25, 0.3) is 0 Å². The second-order valence-corrected chi connectivity index (χ2v) is 6.40. The molecule has 3 atom stereocenters. The van der Waals surface area contributed by atoms with E-state index in [1.165, 1.54) is 38.8 Å². The first-order chi connectivity index (χ1) is 8.67. The number of rotatable bonds is 5. The number of hydrogen-bond donors (Lipinski definition) is 1. The highest BCUT2D eigenvalue weighted by molar-refractivity contribution is 4.95. The Bertz CT molecular complexity index is 253. The fourth-order valence-corrected chi connectivity index (χ4v) is 3.25. The molecule has 0 amide bonds. The van der Waals surface area contributed by atoms with Crippen LogP contribution >= 0.6 is 0 Å². The van der Waals surface area contributed by atoms with Crippen LogP contribution in [0.1, 0.15) is 46.5 Å². The molecule has 0 aromatic heterocycles. The number of ether oxygens (including phenoxy) is 1. The van der Waals surface area contributed by atoms with Gasteiger partial charge in [0.2, 0.25) is 0 Å². The molecular formula is C15H30N2O. The van der Waals surface area contributed by atoms with Crippen molar-refractivity contribution in [1.82, 2.24) is 10.2 Å². The molecule has 0 aliphatic carbocycles. The van der Waals surface area contributed by atoms with Gasteiger partial charge in [0, 0.05) is 37.8 Å². The molecule has 0 saturated carbocycles. The van der Waals surface area contributed by atoms with E-state index in [0.29, 0.717) is 5.54 Å². The average Bonchev–Trinajstić information content (AvgIpc) is 2.86. The van der Waals surface area contributed by atoms with Gasteiger partial charge in [0.05, 0.1) is 6.61 Å². The summed E-state index contributed by atoms with van der Waals surface area (Å²) in [6, 6.07) is 0.732. The Kier molecular flexibility index (Phi) is 5.05. The molecule has 106 valence electrons. The van der Waals surface area contributed by atoms with Crippen molar-refractivity contribution in [2.75, 3.05) is 32.8 Å². The van der Waals surface area contributed by atoms with E-state index in [-0.39, 0.29) is 0 Å². The van der Waals surface area contributed by atoms with Gasteiger partial charge in [0.1, 0.15) is 0 Å². The van der Waals surface area contributed by atoms with Crippen LogP contribution < -0.4 is 5.32 Å². The highest BCUT2D eigenvalue weighted by Gasteiger charge is 2.35. The predicted octanol–water partition coefficient (Wildman–Crippen LogP) is 2.27. The van der Waals surface area contributed by atoms with Gasteiger partial charge in [-0.1, -0.05) is 20.3 Å². The Balaban J connectivity index is 1.94. The van der Waals surface area contributed by atoms with Crippen LogP contribution in [-0.4, -0.2) is 49.3 Å². The van der Waals surface area contributed by atoms with E-state index in [1.54, 1.807) is 0 Å². The zero-order valence-electron chi connectivity index (χ0n) is 12.4. The molecule has 0 spiro atoms. The molecule has 0 aromatic carbocycles. The highest BCUT2D eigenvalue weighted by atomic mass is 16.5. The zero-order chi connectivity index (χ0) is 13.0. The van der Waals surface area contributed by atoms with Gasteiger partial charge in [-0.25, -0.2) is 0 Å². The van der Waals surface area contributed by atoms with E-state index >= 15 is 0 Å². The van der Waals surface area contributed by atoms with Gasteiger partial charge in [-0.05, 0) is 32.1 Å². The number of nitrogens with zero attached hydrogens (tertiary/aromatic N) is 1. The van der Waals surface area contributed by atoms with Crippen molar-refractivity contribution in [3.63, 3.8) is 0 Å². The first-order valence-electron chi connectivity index (χ1n) is 7.73. The highest BCUT2D eigenvalue weighted by Crippen LogP contribution is 2.24. The molecular weight excluding hydrogens is 224 g/mol. The number of nitrogens with one attached hydrogen (secondary N) is 1. The third-order valence-electron chi connectivity index (χ3n) is 4.75. The molecule has 3 nitrogen and oxygen atoms in total. The van der Waals surface area contributed by atoms with Crippen molar-refractivity contribution in [1.29, 1.82) is 0 Å². The summed E-state index contributed by atoms with van der Waals surface area (Å²) in [6.45, 7) is 12.5. The van der Waals surface area contributed by atoms with Crippen LogP contribution in [0.3, 0.4) is 0 Å². The standard InChI is InChI=1S/C15H30N2O/c1-4-6-14-9-16-15(3,5-2)12-17(14)10-13-7-8-18-11-13/h13-14,16H,4-12H2,1-3H3. The SMILES string of the molecule is CCCC1CNC(C)(CC)CN1CC1CCOC1. The molecule has 0 aromatic rings. The van der Waals surface area contributed by atoms with Crippen LogP contribution in [0.5, 0.6) is 0 Å². The average molecular weight is 254 g/mol. The summed E-state index contributed by atoms with van der Waals surface area (Å²) in [5, 5.41) is 3.76. The molecule has 2 fully saturated rings. The molecule has 2 rings (SSSR count). The Morgan fingerprint density at radius 1 is 1.39 bits per heavy atom. The van der Waals surface area contributed by atoms with Gasteiger partial charge in [0.15, 0.2) is 0 Å². The summed E-state index contributed by atoms with van der Waals surface area (Å²) in [4.78, 5) is 2.74. The minimum atomic E-state index is 0.309. The lowest BCUT2D eigenvalue weighted by Gasteiger charge is -2.47. The monoisotopic (exact) mass is 254 g/mol. The van der Waals surface area contributed by atoms with Gasteiger partial charge < -0.3 is 10.1 Å². The molecule has 2 aliphatic heterocycles. The largest absolute Gasteiger partial charge is 0.381 e. The molecule has 2 saturated heterocycles. The normalized spacial score (nSPS) is 38.2. The van der Waals surface area contributed by atoms with Gasteiger partial charge in [-0.3, -0.25) is 4.90 Å². The van der Waals surface area contributed by atoms with E-state index < -0.39 is 0 Å². The molecule has 18 heavy (non-hydrogen) atoms.